The Morgan fingerprint density at radius 1 is 0.963 bits per heavy atom. The largest absolute Gasteiger partial charge is 0.496 e. The quantitative estimate of drug-likeness (QED) is 0.328. The first-order valence-corrected chi connectivity index (χ1v) is 8.03. The van der Waals surface area contributed by atoms with Crippen molar-refractivity contribution in [2.45, 2.75) is 26.3 Å². The molecule has 0 saturated heterocycles. The van der Waals surface area contributed by atoms with E-state index in [0.717, 1.165) is 0 Å². The maximum Gasteiger partial charge on any atom is 0.272 e. The lowest BCUT2D eigenvalue weighted by Gasteiger charge is -2.31. The molecule has 27 heavy (non-hydrogen) atoms. The zero-order valence-corrected chi connectivity index (χ0v) is 18.0. The lowest BCUT2D eigenvalue weighted by atomic mass is 10.1. The van der Waals surface area contributed by atoms with Gasteiger partial charge in [0.05, 0.1) is 18.2 Å². The molecule has 0 aliphatic carbocycles. The van der Waals surface area contributed by atoms with Gasteiger partial charge in [0.15, 0.2) is 0 Å². The van der Waals surface area contributed by atoms with Crippen LogP contribution in [0.3, 0.4) is 0 Å². The van der Waals surface area contributed by atoms with Crippen molar-refractivity contribution in [3.8, 4) is 5.75 Å². The number of nitrogens with two attached hydrogens (primary N) is 1. The molecule has 0 bridgehead atoms. The highest BCUT2D eigenvalue weighted by Gasteiger charge is 2.26. The number of benzene rings is 2. The van der Waals surface area contributed by atoms with Crippen molar-refractivity contribution in [2.75, 3.05) is 7.11 Å². The molecule has 0 radical (unpaired) electrons. The molecule has 0 fully saturated rings. The number of para-hydroxylation sites is 1. The Labute approximate surface area is 177 Å². The van der Waals surface area contributed by atoms with Crippen LogP contribution in [-0.2, 0) is 0 Å². The van der Waals surface area contributed by atoms with Gasteiger partial charge in [0.2, 0.25) is 0 Å². The highest BCUT2D eigenvalue weighted by atomic mass is 35.5. The molecule has 2 aromatic rings. The van der Waals surface area contributed by atoms with Gasteiger partial charge in [-0.2, -0.15) is 0 Å². The molecule has 0 aromatic heterocycles. The van der Waals surface area contributed by atoms with E-state index in [4.69, 9.17) is 22.2 Å². The smallest absolute Gasteiger partial charge is 0.272 e. The Hall–Kier alpha value is -1.79. The summed E-state index contributed by atoms with van der Waals surface area (Å²) < 4.78 is 5.13. The van der Waals surface area contributed by atoms with E-state index in [1.165, 1.54) is 12.1 Å². The fraction of sp³-hybridized carbons (Fsp3) is 0.263. The van der Waals surface area contributed by atoms with Crippen LogP contribution >= 0.6 is 36.4 Å². The van der Waals surface area contributed by atoms with E-state index in [-0.39, 0.29) is 30.7 Å². The summed E-state index contributed by atoms with van der Waals surface area (Å²) in [5, 5.41) is 0.806. The minimum absolute atomic E-state index is 0. The molecule has 2 rings (SSSR count). The molecule has 1 amide bonds. The third-order valence-electron chi connectivity index (χ3n) is 3.28. The molecule has 2 aromatic carbocycles. The average molecular weight is 436 g/mol. The highest BCUT2D eigenvalue weighted by Crippen LogP contribution is 2.21. The molecule has 0 unspecified atom stereocenters. The van der Waals surface area contributed by atoms with Gasteiger partial charge >= 0.3 is 0 Å². The van der Waals surface area contributed by atoms with Crippen LogP contribution in [0.1, 0.15) is 41.5 Å². The van der Waals surface area contributed by atoms with Gasteiger partial charge in [-0.15, -0.1) is 24.8 Å². The van der Waals surface area contributed by atoms with Gasteiger partial charge in [-0.25, -0.2) is 5.84 Å². The van der Waals surface area contributed by atoms with Crippen molar-refractivity contribution in [1.29, 1.82) is 0 Å². The second-order valence-electron chi connectivity index (χ2n) is 6.19. The number of amides is 1. The maximum atomic E-state index is 12.1. The van der Waals surface area contributed by atoms with Crippen molar-refractivity contribution >= 4 is 47.6 Å². The van der Waals surface area contributed by atoms with E-state index in [2.05, 4.69) is 0 Å². The van der Waals surface area contributed by atoms with Gasteiger partial charge in [-0.05, 0) is 44.5 Å². The first-order chi connectivity index (χ1) is 11.7. The third kappa shape index (κ3) is 8.63. The van der Waals surface area contributed by atoms with Gasteiger partial charge in [0.1, 0.15) is 5.75 Å². The zero-order chi connectivity index (χ0) is 19.0. The monoisotopic (exact) mass is 434 g/mol. The van der Waals surface area contributed by atoms with Crippen LogP contribution in [0, 0.1) is 0 Å². The number of nitrogens with zero attached hydrogens (tertiary/aromatic N) is 1. The number of hydrogen-bond acceptors (Lipinski definition) is 4. The maximum absolute atomic E-state index is 12.1. The number of hydrazine groups is 1. The predicted molar refractivity (Wildman–Crippen MR) is 114 cm³/mol. The van der Waals surface area contributed by atoms with E-state index in [9.17, 15) is 9.59 Å². The standard InChI is InChI=1S/C12H18N2O2.C7H5ClO.2ClH/c1-12(2,3)14(13)11(15)9-7-5-6-8-10(9)16-4;8-7(9)6-4-2-1-3-5-6;;/h5-8H,13H2,1-4H3;1-5H;2*1H. The first-order valence-electron chi connectivity index (χ1n) is 7.65. The zero-order valence-electron chi connectivity index (χ0n) is 15.6. The number of rotatable bonds is 3. The van der Waals surface area contributed by atoms with Crippen molar-refractivity contribution in [2.24, 2.45) is 5.84 Å². The number of carbonyl (C=O) groups is 2. The lowest BCUT2D eigenvalue weighted by molar-refractivity contribution is 0.0578. The summed E-state index contributed by atoms with van der Waals surface area (Å²) in [5.41, 5.74) is 0.597. The van der Waals surface area contributed by atoms with Crippen LogP contribution in [0.5, 0.6) is 5.75 Å². The summed E-state index contributed by atoms with van der Waals surface area (Å²) in [6.45, 7) is 5.63. The number of methoxy groups -OCH3 is 1. The molecule has 8 heteroatoms. The van der Waals surface area contributed by atoms with Crippen molar-refractivity contribution in [1.82, 2.24) is 5.01 Å². The number of halogens is 3. The summed E-state index contributed by atoms with van der Waals surface area (Å²) in [7, 11) is 1.53. The molecular formula is C19H25Cl3N2O3. The Balaban J connectivity index is 0. The van der Waals surface area contributed by atoms with Crippen LogP contribution in [0.2, 0.25) is 0 Å². The van der Waals surface area contributed by atoms with Gasteiger partial charge < -0.3 is 4.74 Å². The van der Waals surface area contributed by atoms with Gasteiger partial charge in [-0.1, -0.05) is 42.5 Å². The molecule has 0 aliphatic heterocycles. The Bertz CT molecular complexity index is 720. The van der Waals surface area contributed by atoms with E-state index in [1.807, 2.05) is 32.9 Å². The SMILES string of the molecule is COc1ccccc1C(=O)N(N)C(C)(C)C.Cl.Cl.O=C(Cl)c1ccccc1. The molecule has 0 atom stereocenters. The Morgan fingerprint density at radius 2 is 1.44 bits per heavy atom. The second kappa shape index (κ2) is 12.6. The van der Waals surface area contributed by atoms with Crippen LogP contribution in [0.4, 0.5) is 0 Å². The lowest BCUT2D eigenvalue weighted by Crippen LogP contribution is -2.50. The molecule has 2 N–H and O–H groups in total. The number of carbonyl (C=O) groups excluding carboxylic acids is 2. The minimum Gasteiger partial charge on any atom is -0.496 e. The first kappa shape index (κ1) is 27.4. The van der Waals surface area contributed by atoms with Crippen LogP contribution in [0.15, 0.2) is 54.6 Å². The predicted octanol–water partition coefficient (Wildman–Crippen LogP) is 4.72. The summed E-state index contributed by atoms with van der Waals surface area (Å²) >= 11 is 5.16. The average Bonchev–Trinajstić information content (AvgIpc) is 2.61. The van der Waals surface area contributed by atoms with Crippen LogP contribution in [0.25, 0.3) is 0 Å². The van der Waals surface area contributed by atoms with Crippen molar-refractivity contribution < 1.29 is 14.3 Å². The van der Waals surface area contributed by atoms with Crippen LogP contribution in [-0.4, -0.2) is 28.8 Å². The number of hydrogen-bond donors (Lipinski definition) is 1. The van der Waals surface area contributed by atoms with Crippen LogP contribution < -0.4 is 10.6 Å². The molecule has 150 valence electrons. The molecule has 0 aliphatic rings. The minimum atomic E-state index is -0.419. The fourth-order valence-corrected chi connectivity index (χ4v) is 1.95. The summed E-state index contributed by atoms with van der Waals surface area (Å²) in [6.07, 6.45) is 0. The number of ether oxygens (including phenoxy) is 1. The topological polar surface area (TPSA) is 72.6 Å². The summed E-state index contributed by atoms with van der Waals surface area (Å²) in [5.74, 6) is 6.07. The molecule has 0 saturated carbocycles. The van der Waals surface area contributed by atoms with E-state index >= 15 is 0 Å². The Kier molecular flexibility index (Phi) is 12.8. The molecule has 0 spiro atoms. The molecular weight excluding hydrogens is 411 g/mol. The van der Waals surface area contributed by atoms with Gasteiger partial charge in [0, 0.05) is 5.56 Å². The van der Waals surface area contributed by atoms with Crippen molar-refractivity contribution in [3.05, 3.63) is 65.7 Å². The highest BCUT2D eigenvalue weighted by molar-refractivity contribution is 6.67. The summed E-state index contributed by atoms with van der Waals surface area (Å²) in [4.78, 5) is 22.5. The van der Waals surface area contributed by atoms with E-state index in [0.29, 0.717) is 16.9 Å². The fourth-order valence-electron chi connectivity index (χ4n) is 1.82. The third-order valence-corrected chi connectivity index (χ3v) is 3.50. The normalized spacial score (nSPS) is 9.56. The summed E-state index contributed by atoms with van der Waals surface area (Å²) in [6, 6.07) is 15.8. The van der Waals surface area contributed by atoms with Gasteiger partial charge in [0.25, 0.3) is 11.1 Å². The van der Waals surface area contributed by atoms with Crippen molar-refractivity contribution in [3.63, 3.8) is 0 Å². The molecule has 5 nitrogen and oxygen atoms in total. The van der Waals surface area contributed by atoms with E-state index < -0.39 is 10.8 Å². The Morgan fingerprint density at radius 3 is 1.85 bits per heavy atom. The van der Waals surface area contributed by atoms with Gasteiger partial charge in [-0.3, -0.25) is 14.6 Å². The second-order valence-corrected chi connectivity index (χ2v) is 6.53. The molecule has 0 heterocycles. The van der Waals surface area contributed by atoms with E-state index in [1.54, 1.807) is 42.5 Å².